The van der Waals surface area contributed by atoms with Crippen molar-refractivity contribution in [3.63, 3.8) is 0 Å². The number of nitrogens with zero attached hydrogens (tertiary/aromatic N) is 1. The van der Waals surface area contributed by atoms with E-state index < -0.39 is 18.0 Å². The van der Waals surface area contributed by atoms with Gasteiger partial charge in [-0.15, -0.1) is 0 Å². The number of rotatable bonds is 5. The van der Waals surface area contributed by atoms with Gasteiger partial charge < -0.3 is 10.1 Å². The third-order valence-corrected chi connectivity index (χ3v) is 4.35. The standard InChI is InChI=1S/C18H15BrN2O4/c19-14-8-6-13(7-9-14)17(23)20-15(12-4-2-1-3-5-12)10-21-16(22)11-25-18(21)24/h1-9,15H,10-11H2,(H,20,23)/t15-/m1/s1. The van der Waals surface area contributed by atoms with E-state index in [9.17, 15) is 14.4 Å². The number of amides is 3. The number of imide groups is 1. The molecular formula is C18H15BrN2O4. The summed E-state index contributed by atoms with van der Waals surface area (Å²) in [4.78, 5) is 37.1. The number of carbonyl (C=O) groups is 3. The molecule has 1 N–H and O–H groups in total. The second kappa shape index (κ2) is 7.48. The first-order chi connectivity index (χ1) is 12.0. The van der Waals surface area contributed by atoms with Gasteiger partial charge >= 0.3 is 6.09 Å². The van der Waals surface area contributed by atoms with E-state index in [1.807, 2.05) is 30.3 Å². The van der Waals surface area contributed by atoms with Gasteiger partial charge in [0, 0.05) is 10.0 Å². The molecule has 0 unspecified atom stereocenters. The van der Waals surface area contributed by atoms with Gasteiger partial charge in [-0.25, -0.2) is 9.69 Å². The molecule has 0 aliphatic carbocycles. The second-order valence-corrected chi connectivity index (χ2v) is 6.42. The highest BCUT2D eigenvalue weighted by molar-refractivity contribution is 9.10. The molecule has 1 aliphatic heterocycles. The first-order valence-corrected chi connectivity index (χ1v) is 8.42. The SMILES string of the molecule is O=C(N[C@H](CN1C(=O)COC1=O)c1ccccc1)c1ccc(Br)cc1. The van der Waals surface area contributed by atoms with Crippen molar-refractivity contribution in [1.29, 1.82) is 0 Å². The van der Waals surface area contributed by atoms with Gasteiger partial charge in [0.1, 0.15) is 0 Å². The molecule has 0 aromatic heterocycles. The van der Waals surface area contributed by atoms with Crippen LogP contribution in [-0.4, -0.2) is 36.0 Å². The summed E-state index contributed by atoms with van der Waals surface area (Å²) < 4.78 is 5.61. The van der Waals surface area contributed by atoms with Crippen molar-refractivity contribution >= 4 is 33.8 Å². The highest BCUT2D eigenvalue weighted by Gasteiger charge is 2.33. The van der Waals surface area contributed by atoms with Crippen LogP contribution in [0.4, 0.5) is 4.79 Å². The van der Waals surface area contributed by atoms with Crippen molar-refractivity contribution in [1.82, 2.24) is 10.2 Å². The summed E-state index contributed by atoms with van der Waals surface area (Å²) in [5, 5.41) is 2.88. The van der Waals surface area contributed by atoms with Gasteiger partial charge in [0.25, 0.3) is 11.8 Å². The summed E-state index contributed by atoms with van der Waals surface area (Å²) in [7, 11) is 0. The number of nitrogens with one attached hydrogen (secondary N) is 1. The molecule has 1 heterocycles. The van der Waals surface area contributed by atoms with Crippen LogP contribution >= 0.6 is 15.9 Å². The topological polar surface area (TPSA) is 75.7 Å². The molecule has 3 rings (SSSR count). The smallest absolute Gasteiger partial charge is 0.417 e. The van der Waals surface area contributed by atoms with E-state index in [2.05, 4.69) is 21.2 Å². The van der Waals surface area contributed by atoms with Crippen molar-refractivity contribution in [2.45, 2.75) is 6.04 Å². The van der Waals surface area contributed by atoms with E-state index in [-0.39, 0.29) is 19.1 Å². The Morgan fingerprint density at radius 1 is 1.12 bits per heavy atom. The Morgan fingerprint density at radius 3 is 2.40 bits per heavy atom. The molecule has 128 valence electrons. The average Bonchev–Trinajstić information content (AvgIpc) is 2.94. The van der Waals surface area contributed by atoms with E-state index >= 15 is 0 Å². The lowest BCUT2D eigenvalue weighted by molar-refractivity contribution is -0.126. The van der Waals surface area contributed by atoms with Crippen LogP contribution in [-0.2, 0) is 9.53 Å². The van der Waals surface area contributed by atoms with Gasteiger partial charge in [-0.2, -0.15) is 0 Å². The van der Waals surface area contributed by atoms with Gasteiger partial charge in [0.05, 0.1) is 12.6 Å². The molecule has 0 spiro atoms. The Labute approximate surface area is 152 Å². The fourth-order valence-electron chi connectivity index (χ4n) is 2.50. The minimum absolute atomic E-state index is 0.0178. The summed E-state index contributed by atoms with van der Waals surface area (Å²) >= 11 is 3.33. The zero-order valence-electron chi connectivity index (χ0n) is 13.1. The molecule has 0 bridgehead atoms. The third kappa shape index (κ3) is 4.06. The van der Waals surface area contributed by atoms with Crippen LogP contribution in [0.3, 0.4) is 0 Å². The number of hydrogen-bond acceptors (Lipinski definition) is 4. The molecule has 25 heavy (non-hydrogen) atoms. The van der Waals surface area contributed by atoms with E-state index in [1.54, 1.807) is 24.3 Å². The van der Waals surface area contributed by atoms with Gasteiger partial charge in [-0.05, 0) is 29.8 Å². The van der Waals surface area contributed by atoms with Gasteiger partial charge in [-0.1, -0.05) is 46.3 Å². The van der Waals surface area contributed by atoms with Crippen molar-refractivity contribution in [3.05, 3.63) is 70.2 Å². The van der Waals surface area contributed by atoms with Crippen LogP contribution in [0.5, 0.6) is 0 Å². The quantitative estimate of drug-likeness (QED) is 0.833. The Morgan fingerprint density at radius 2 is 1.80 bits per heavy atom. The maximum Gasteiger partial charge on any atom is 0.417 e. The Hall–Kier alpha value is -2.67. The molecule has 6 nitrogen and oxygen atoms in total. The lowest BCUT2D eigenvalue weighted by Gasteiger charge is -2.23. The van der Waals surface area contributed by atoms with Gasteiger partial charge in [-0.3, -0.25) is 9.59 Å². The average molecular weight is 403 g/mol. The van der Waals surface area contributed by atoms with E-state index in [4.69, 9.17) is 4.74 Å². The molecule has 0 radical (unpaired) electrons. The molecule has 1 saturated heterocycles. The maximum absolute atomic E-state index is 12.5. The summed E-state index contributed by atoms with van der Waals surface area (Å²) in [6.45, 7) is -0.245. The molecule has 3 amide bonds. The molecule has 0 saturated carbocycles. The first-order valence-electron chi connectivity index (χ1n) is 7.63. The zero-order chi connectivity index (χ0) is 17.8. The highest BCUT2D eigenvalue weighted by Crippen LogP contribution is 2.18. The van der Waals surface area contributed by atoms with E-state index in [0.717, 1.165) is 14.9 Å². The van der Waals surface area contributed by atoms with Gasteiger partial charge in [0.2, 0.25) is 0 Å². The molecular weight excluding hydrogens is 388 g/mol. The van der Waals surface area contributed by atoms with Crippen molar-refractivity contribution in [2.75, 3.05) is 13.2 Å². The maximum atomic E-state index is 12.5. The summed E-state index contributed by atoms with van der Waals surface area (Å²) in [5.74, 6) is -0.704. The minimum Gasteiger partial charge on any atom is -0.439 e. The van der Waals surface area contributed by atoms with Crippen LogP contribution in [0.15, 0.2) is 59.1 Å². The van der Waals surface area contributed by atoms with E-state index in [1.165, 1.54) is 0 Å². The number of hydrogen-bond donors (Lipinski definition) is 1. The summed E-state index contributed by atoms with van der Waals surface area (Å²) in [5.41, 5.74) is 1.28. The van der Waals surface area contributed by atoms with Crippen LogP contribution in [0.2, 0.25) is 0 Å². The normalized spacial score (nSPS) is 15.0. The van der Waals surface area contributed by atoms with Crippen LogP contribution in [0.25, 0.3) is 0 Å². The third-order valence-electron chi connectivity index (χ3n) is 3.82. The highest BCUT2D eigenvalue weighted by atomic mass is 79.9. The van der Waals surface area contributed by atoms with Crippen LogP contribution in [0, 0.1) is 0 Å². The number of halogens is 1. The molecule has 1 fully saturated rings. The Bertz CT molecular complexity index is 776. The van der Waals surface area contributed by atoms with Crippen LogP contribution in [0.1, 0.15) is 22.0 Å². The zero-order valence-corrected chi connectivity index (χ0v) is 14.7. The number of ether oxygens (including phenoxy) is 1. The Balaban J connectivity index is 1.81. The van der Waals surface area contributed by atoms with Crippen molar-refractivity contribution < 1.29 is 19.1 Å². The predicted molar refractivity (Wildman–Crippen MR) is 93.9 cm³/mol. The second-order valence-electron chi connectivity index (χ2n) is 5.50. The molecule has 1 aliphatic rings. The summed E-state index contributed by atoms with van der Waals surface area (Å²) in [6, 6.07) is 15.6. The fourth-order valence-corrected chi connectivity index (χ4v) is 2.77. The van der Waals surface area contributed by atoms with Gasteiger partial charge in [0.15, 0.2) is 6.61 Å². The summed E-state index contributed by atoms with van der Waals surface area (Å²) in [6.07, 6.45) is -0.691. The number of carbonyl (C=O) groups excluding carboxylic acids is 3. The van der Waals surface area contributed by atoms with Crippen molar-refractivity contribution in [3.8, 4) is 0 Å². The number of cyclic esters (lactones) is 1. The monoisotopic (exact) mass is 402 g/mol. The first kappa shape index (κ1) is 17.2. The molecule has 1 atom stereocenters. The molecule has 2 aromatic rings. The lowest BCUT2D eigenvalue weighted by Crippen LogP contribution is -2.40. The van der Waals surface area contributed by atoms with E-state index in [0.29, 0.717) is 5.56 Å². The predicted octanol–water partition coefficient (Wildman–Crippen LogP) is 2.90. The fraction of sp³-hybridized carbons (Fsp3) is 0.167. The largest absolute Gasteiger partial charge is 0.439 e. The van der Waals surface area contributed by atoms with Crippen molar-refractivity contribution in [2.24, 2.45) is 0 Å². The number of benzene rings is 2. The lowest BCUT2D eigenvalue weighted by atomic mass is 10.1. The molecule has 7 heteroatoms. The minimum atomic E-state index is -0.691. The molecule has 2 aromatic carbocycles. The van der Waals surface area contributed by atoms with Crippen LogP contribution < -0.4 is 5.32 Å². The Kier molecular flexibility index (Phi) is 5.14.